The Labute approximate surface area is 115 Å². The van der Waals surface area contributed by atoms with Crippen molar-refractivity contribution in [2.75, 3.05) is 19.0 Å². The first-order valence-corrected chi connectivity index (χ1v) is 6.14. The standard InChI is InChI=1S/C13H15FN2O4/c1-20-11-6-8(14)2-5-10(11)15-13(19)16(7-12(17)18)9-3-4-9/h2,5-6,9H,3-4,7H2,1H3,(H,15,19)(H,17,18). The second-order valence-corrected chi connectivity index (χ2v) is 4.53. The lowest BCUT2D eigenvalue weighted by Gasteiger charge is -2.21. The van der Waals surface area contributed by atoms with E-state index >= 15 is 0 Å². The van der Waals surface area contributed by atoms with E-state index in [0.29, 0.717) is 5.69 Å². The molecule has 20 heavy (non-hydrogen) atoms. The summed E-state index contributed by atoms with van der Waals surface area (Å²) in [5.41, 5.74) is 0.301. The van der Waals surface area contributed by atoms with Crippen LogP contribution in [-0.2, 0) is 4.79 Å². The number of halogens is 1. The number of nitrogens with one attached hydrogen (secondary N) is 1. The number of urea groups is 1. The summed E-state index contributed by atoms with van der Waals surface area (Å²) in [4.78, 5) is 24.1. The van der Waals surface area contributed by atoms with Gasteiger partial charge in [-0.15, -0.1) is 0 Å². The lowest BCUT2D eigenvalue weighted by molar-refractivity contribution is -0.137. The molecular formula is C13H15FN2O4. The third-order valence-electron chi connectivity index (χ3n) is 2.96. The van der Waals surface area contributed by atoms with Gasteiger partial charge in [0.25, 0.3) is 0 Å². The van der Waals surface area contributed by atoms with Crippen LogP contribution >= 0.6 is 0 Å². The van der Waals surface area contributed by atoms with E-state index in [1.165, 1.54) is 24.1 Å². The Hall–Kier alpha value is -2.31. The summed E-state index contributed by atoms with van der Waals surface area (Å²) in [6.07, 6.45) is 1.59. The zero-order chi connectivity index (χ0) is 14.7. The van der Waals surface area contributed by atoms with E-state index in [2.05, 4.69) is 5.32 Å². The number of aliphatic carboxylic acids is 1. The molecule has 6 nitrogen and oxygen atoms in total. The van der Waals surface area contributed by atoms with Crippen molar-refractivity contribution in [1.82, 2.24) is 4.90 Å². The van der Waals surface area contributed by atoms with E-state index in [-0.39, 0.29) is 18.3 Å². The van der Waals surface area contributed by atoms with E-state index < -0.39 is 17.8 Å². The molecule has 1 aromatic rings. The average Bonchev–Trinajstić information content (AvgIpc) is 3.22. The van der Waals surface area contributed by atoms with Gasteiger partial charge < -0.3 is 20.1 Å². The van der Waals surface area contributed by atoms with Gasteiger partial charge in [-0.05, 0) is 25.0 Å². The van der Waals surface area contributed by atoms with Crippen molar-refractivity contribution >= 4 is 17.7 Å². The fourth-order valence-corrected chi connectivity index (χ4v) is 1.85. The highest BCUT2D eigenvalue weighted by atomic mass is 19.1. The Bertz CT molecular complexity index is 531. The Morgan fingerprint density at radius 3 is 2.75 bits per heavy atom. The molecule has 1 saturated carbocycles. The van der Waals surface area contributed by atoms with E-state index in [1.807, 2.05) is 0 Å². The molecule has 0 spiro atoms. The number of nitrogens with zero attached hydrogens (tertiary/aromatic N) is 1. The molecule has 1 aliphatic carbocycles. The molecule has 108 valence electrons. The summed E-state index contributed by atoms with van der Waals surface area (Å²) in [6, 6.07) is 3.14. The summed E-state index contributed by atoms with van der Waals surface area (Å²) in [6.45, 7) is -0.361. The predicted molar refractivity (Wildman–Crippen MR) is 69.3 cm³/mol. The predicted octanol–water partition coefficient (Wildman–Crippen LogP) is 1.92. The molecule has 0 saturated heterocycles. The maximum absolute atomic E-state index is 13.1. The highest BCUT2D eigenvalue weighted by Crippen LogP contribution is 2.29. The number of ether oxygens (including phenoxy) is 1. The molecular weight excluding hydrogens is 267 g/mol. The summed E-state index contributed by atoms with van der Waals surface area (Å²) in [5.74, 6) is -1.37. The minimum atomic E-state index is -1.07. The van der Waals surface area contributed by atoms with Gasteiger partial charge in [0.1, 0.15) is 18.1 Å². The van der Waals surface area contributed by atoms with E-state index in [0.717, 1.165) is 18.9 Å². The summed E-state index contributed by atoms with van der Waals surface area (Å²) >= 11 is 0. The van der Waals surface area contributed by atoms with Crippen LogP contribution < -0.4 is 10.1 Å². The van der Waals surface area contributed by atoms with Crippen molar-refractivity contribution < 1.29 is 23.8 Å². The number of hydrogen-bond acceptors (Lipinski definition) is 3. The largest absolute Gasteiger partial charge is 0.494 e. The Kier molecular flexibility index (Phi) is 4.07. The number of anilines is 1. The van der Waals surface area contributed by atoms with Gasteiger partial charge in [0.15, 0.2) is 0 Å². The van der Waals surface area contributed by atoms with E-state index in [4.69, 9.17) is 9.84 Å². The number of carbonyl (C=O) groups is 2. The highest BCUT2D eigenvalue weighted by Gasteiger charge is 2.34. The zero-order valence-corrected chi connectivity index (χ0v) is 10.9. The summed E-state index contributed by atoms with van der Waals surface area (Å²) < 4.78 is 18.0. The van der Waals surface area contributed by atoms with Crippen LogP contribution in [0, 0.1) is 5.82 Å². The molecule has 0 aliphatic heterocycles. The van der Waals surface area contributed by atoms with Gasteiger partial charge >= 0.3 is 12.0 Å². The normalized spacial score (nSPS) is 13.7. The van der Waals surface area contributed by atoms with Crippen molar-refractivity contribution in [3.05, 3.63) is 24.0 Å². The lowest BCUT2D eigenvalue weighted by atomic mass is 10.3. The topological polar surface area (TPSA) is 78.9 Å². The monoisotopic (exact) mass is 282 g/mol. The molecule has 0 aromatic heterocycles. The van der Waals surface area contributed by atoms with E-state index in [1.54, 1.807) is 0 Å². The average molecular weight is 282 g/mol. The molecule has 1 fully saturated rings. The fraction of sp³-hybridized carbons (Fsp3) is 0.385. The third kappa shape index (κ3) is 3.37. The lowest BCUT2D eigenvalue weighted by Crippen LogP contribution is -2.40. The SMILES string of the molecule is COc1cc(F)ccc1NC(=O)N(CC(=O)O)C1CC1. The van der Waals surface area contributed by atoms with Crippen molar-refractivity contribution in [3.8, 4) is 5.75 Å². The van der Waals surface area contributed by atoms with Gasteiger partial charge in [-0.3, -0.25) is 4.79 Å². The number of benzene rings is 1. The number of methoxy groups -OCH3 is 1. The van der Waals surface area contributed by atoms with Crippen LogP contribution in [0.4, 0.5) is 14.9 Å². The number of carboxylic acids is 1. The Morgan fingerprint density at radius 2 is 2.20 bits per heavy atom. The van der Waals surface area contributed by atoms with Gasteiger partial charge in [0.2, 0.25) is 0 Å². The van der Waals surface area contributed by atoms with Gasteiger partial charge in [-0.1, -0.05) is 0 Å². The molecule has 0 bridgehead atoms. The quantitative estimate of drug-likeness (QED) is 0.864. The first kappa shape index (κ1) is 14.1. The smallest absolute Gasteiger partial charge is 0.323 e. The first-order chi connectivity index (χ1) is 9.51. The van der Waals surface area contributed by atoms with Crippen LogP contribution in [0.25, 0.3) is 0 Å². The molecule has 2 rings (SSSR count). The van der Waals surface area contributed by atoms with Crippen molar-refractivity contribution in [2.24, 2.45) is 0 Å². The van der Waals surface area contributed by atoms with Crippen molar-refractivity contribution in [3.63, 3.8) is 0 Å². The Morgan fingerprint density at radius 1 is 1.50 bits per heavy atom. The summed E-state index contributed by atoms with van der Waals surface area (Å²) in [5, 5.41) is 11.4. The van der Waals surface area contributed by atoms with Gasteiger partial charge in [-0.25, -0.2) is 9.18 Å². The minimum absolute atomic E-state index is 0.0439. The first-order valence-electron chi connectivity index (χ1n) is 6.14. The molecule has 7 heteroatoms. The highest BCUT2D eigenvalue weighted by molar-refractivity contribution is 5.93. The number of hydrogen-bond donors (Lipinski definition) is 2. The molecule has 2 amide bonds. The van der Waals surface area contributed by atoms with Crippen LogP contribution in [0.3, 0.4) is 0 Å². The van der Waals surface area contributed by atoms with Crippen LogP contribution in [0.2, 0.25) is 0 Å². The van der Waals surface area contributed by atoms with Gasteiger partial charge in [0.05, 0.1) is 12.8 Å². The van der Waals surface area contributed by atoms with E-state index in [9.17, 15) is 14.0 Å². The third-order valence-corrected chi connectivity index (χ3v) is 2.96. The molecule has 0 atom stereocenters. The maximum atomic E-state index is 13.1. The van der Waals surface area contributed by atoms with Crippen LogP contribution in [-0.4, -0.2) is 41.7 Å². The zero-order valence-electron chi connectivity index (χ0n) is 10.9. The summed E-state index contributed by atoms with van der Waals surface area (Å²) in [7, 11) is 1.36. The van der Waals surface area contributed by atoms with Gasteiger partial charge in [0, 0.05) is 12.1 Å². The molecule has 2 N–H and O–H groups in total. The maximum Gasteiger partial charge on any atom is 0.323 e. The molecule has 0 heterocycles. The number of carboxylic acid groups (broad SMARTS) is 1. The van der Waals surface area contributed by atoms with Crippen LogP contribution in [0.5, 0.6) is 5.75 Å². The Balaban J connectivity index is 2.11. The second-order valence-electron chi connectivity index (χ2n) is 4.53. The number of carbonyl (C=O) groups excluding carboxylic acids is 1. The molecule has 1 aliphatic rings. The van der Waals surface area contributed by atoms with Crippen molar-refractivity contribution in [1.29, 1.82) is 0 Å². The van der Waals surface area contributed by atoms with Crippen LogP contribution in [0.1, 0.15) is 12.8 Å². The fourth-order valence-electron chi connectivity index (χ4n) is 1.85. The van der Waals surface area contributed by atoms with Crippen LogP contribution in [0.15, 0.2) is 18.2 Å². The molecule has 0 radical (unpaired) electrons. The van der Waals surface area contributed by atoms with Gasteiger partial charge in [-0.2, -0.15) is 0 Å². The number of amides is 2. The minimum Gasteiger partial charge on any atom is -0.494 e. The second kappa shape index (κ2) is 5.77. The molecule has 0 unspecified atom stereocenters. The molecule has 1 aromatic carbocycles. The number of rotatable bonds is 5. The van der Waals surface area contributed by atoms with Crippen molar-refractivity contribution in [2.45, 2.75) is 18.9 Å².